The highest BCUT2D eigenvalue weighted by molar-refractivity contribution is 6.01. The number of nitrogens with two attached hydrogens (primary N) is 1. The average molecular weight is 285 g/mol. The van der Waals surface area contributed by atoms with Gasteiger partial charge in [0.15, 0.2) is 0 Å². The number of nitrogens with one attached hydrogen (secondary N) is 2. The first kappa shape index (κ1) is 14.7. The van der Waals surface area contributed by atoms with E-state index in [9.17, 15) is 4.79 Å². The first-order valence-electron chi connectivity index (χ1n) is 6.59. The molecule has 0 aliphatic carbocycles. The van der Waals surface area contributed by atoms with E-state index in [1.165, 1.54) is 0 Å². The molecular weight excluding hydrogens is 266 g/mol. The Kier molecular flexibility index (Phi) is 4.33. The van der Waals surface area contributed by atoms with E-state index in [1.807, 2.05) is 38.1 Å². The van der Waals surface area contributed by atoms with Crippen LogP contribution in [0.25, 0.3) is 0 Å². The zero-order chi connectivity index (χ0) is 15.4. The molecule has 2 rings (SSSR count). The lowest BCUT2D eigenvalue weighted by molar-refractivity contribution is 0.262. The molecule has 0 radical (unpaired) electrons. The van der Waals surface area contributed by atoms with Gasteiger partial charge in [-0.25, -0.2) is 4.79 Å². The molecule has 21 heavy (non-hydrogen) atoms. The van der Waals surface area contributed by atoms with Crippen LogP contribution < -0.4 is 21.1 Å². The maximum absolute atomic E-state index is 12.1. The Hall–Kier alpha value is -2.69. The lowest BCUT2D eigenvalue weighted by atomic mass is 10.1. The number of hydrogen-bond acceptors (Lipinski definition) is 3. The largest absolute Gasteiger partial charge is 0.495 e. The summed E-state index contributed by atoms with van der Waals surface area (Å²) >= 11 is 0. The fourth-order valence-electron chi connectivity index (χ4n) is 2.21. The van der Waals surface area contributed by atoms with E-state index in [2.05, 4.69) is 10.6 Å². The first-order chi connectivity index (χ1) is 10.0. The van der Waals surface area contributed by atoms with E-state index < -0.39 is 0 Å². The van der Waals surface area contributed by atoms with Crippen LogP contribution in [0.3, 0.4) is 0 Å². The third-order valence-electron chi connectivity index (χ3n) is 3.15. The van der Waals surface area contributed by atoms with E-state index in [0.717, 1.165) is 16.8 Å². The van der Waals surface area contributed by atoms with Gasteiger partial charge >= 0.3 is 6.03 Å². The standard InChI is InChI=1S/C16H19N3O2/c1-10-8-12(17)9-11(2)15(10)19-16(20)18-13-6-4-5-7-14(13)21-3/h4-9H,17H2,1-3H3,(H2,18,19,20). The summed E-state index contributed by atoms with van der Waals surface area (Å²) in [5, 5.41) is 5.62. The molecule has 110 valence electrons. The summed E-state index contributed by atoms with van der Waals surface area (Å²) in [5.41, 5.74) is 9.67. The lowest BCUT2D eigenvalue weighted by Gasteiger charge is -2.14. The van der Waals surface area contributed by atoms with Gasteiger partial charge in [0.25, 0.3) is 0 Å². The van der Waals surface area contributed by atoms with Crippen molar-refractivity contribution in [2.75, 3.05) is 23.5 Å². The van der Waals surface area contributed by atoms with Gasteiger partial charge in [0.2, 0.25) is 0 Å². The second kappa shape index (κ2) is 6.17. The van der Waals surface area contributed by atoms with Gasteiger partial charge in [-0.3, -0.25) is 0 Å². The molecule has 0 fully saturated rings. The minimum absolute atomic E-state index is 0.324. The van der Waals surface area contributed by atoms with Crippen molar-refractivity contribution in [3.63, 3.8) is 0 Å². The Morgan fingerprint density at radius 3 is 2.33 bits per heavy atom. The summed E-state index contributed by atoms with van der Waals surface area (Å²) < 4.78 is 5.20. The number of urea groups is 1. The summed E-state index contributed by atoms with van der Waals surface area (Å²) in [5.74, 6) is 0.610. The van der Waals surface area contributed by atoms with Crippen LogP contribution in [0.2, 0.25) is 0 Å². The number of aryl methyl sites for hydroxylation is 2. The number of benzene rings is 2. The van der Waals surface area contributed by atoms with Crippen LogP contribution in [0.4, 0.5) is 21.9 Å². The molecule has 2 amide bonds. The number of carbonyl (C=O) groups excluding carboxylic acids is 1. The van der Waals surface area contributed by atoms with Crippen molar-refractivity contribution in [2.24, 2.45) is 0 Å². The number of carbonyl (C=O) groups is 1. The summed E-state index contributed by atoms with van der Waals surface area (Å²) in [4.78, 5) is 12.1. The van der Waals surface area contributed by atoms with Gasteiger partial charge in [0.1, 0.15) is 5.75 Å². The molecule has 0 atom stereocenters. The molecule has 0 spiro atoms. The Labute approximate surface area is 124 Å². The quantitative estimate of drug-likeness (QED) is 0.755. The van der Waals surface area contributed by atoms with Crippen molar-refractivity contribution in [1.82, 2.24) is 0 Å². The summed E-state index contributed by atoms with van der Waals surface area (Å²) in [6.45, 7) is 3.81. The average Bonchev–Trinajstić information content (AvgIpc) is 2.43. The highest BCUT2D eigenvalue weighted by atomic mass is 16.5. The maximum atomic E-state index is 12.1. The maximum Gasteiger partial charge on any atom is 0.323 e. The van der Waals surface area contributed by atoms with E-state index in [0.29, 0.717) is 17.1 Å². The van der Waals surface area contributed by atoms with Gasteiger partial charge in [-0.15, -0.1) is 0 Å². The summed E-state index contributed by atoms with van der Waals surface area (Å²) in [6.07, 6.45) is 0. The highest BCUT2D eigenvalue weighted by Gasteiger charge is 2.10. The smallest absolute Gasteiger partial charge is 0.323 e. The molecule has 5 nitrogen and oxygen atoms in total. The van der Waals surface area contributed by atoms with Gasteiger partial charge < -0.3 is 21.1 Å². The Morgan fingerprint density at radius 2 is 1.71 bits per heavy atom. The second-order valence-corrected chi connectivity index (χ2v) is 4.81. The topological polar surface area (TPSA) is 76.4 Å². The van der Waals surface area contributed by atoms with E-state index in [4.69, 9.17) is 10.5 Å². The van der Waals surface area contributed by atoms with Gasteiger partial charge in [-0.2, -0.15) is 0 Å². The minimum atomic E-state index is -0.324. The highest BCUT2D eigenvalue weighted by Crippen LogP contribution is 2.25. The number of rotatable bonds is 3. The van der Waals surface area contributed by atoms with Gasteiger partial charge in [0, 0.05) is 11.4 Å². The molecule has 4 N–H and O–H groups in total. The molecular formula is C16H19N3O2. The predicted octanol–water partition coefficient (Wildman–Crippen LogP) is 3.54. The molecule has 0 saturated heterocycles. The van der Waals surface area contributed by atoms with Crippen molar-refractivity contribution in [3.05, 3.63) is 47.5 Å². The van der Waals surface area contributed by atoms with Crippen molar-refractivity contribution in [1.29, 1.82) is 0 Å². The van der Waals surface area contributed by atoms with Gasteiger partial charge in [0.05, 0.1) is 12.8 Å². The van der Waals surface area contributed by atoms with Crippen LogP contribution in [0.1, 0.15) is 11.1 Å². The Balaban J connectivity index is 2.16. The Morgan fingerprint density at radius 1 is 1.10 bits per heavy atom. The number of amides is 2. The number of hydrogen-bond donors (Lipinski definition) is 3. The first-order valence-corrected chi connectivity index (χ1v) is 6.59. The molecule has 2 aromatic carbocycles. The summed E-state index contributed by atoms with van der Waals surface area (Å²) in [7, 11) is 1.56. The molecule has 0 heterocycles. The Bertz CT molecular complexity index is 645. The third-order valence-corrected chi connectivity index (χ3v) is 3.15. The van der Waals surface area contributed by atoms with Crippen LogP contribution in [0.15, 0.2) is 36.4 Å². The molecule has 0 aliphatic heterocycles. The van der Waals surface area contributed by atoms with Gasteiger partial charge in [-0.1, -0.05) is 12.1 Å². The van der Waals surface area contributed by atoms with Gasteiger partial charge in [-0.05, 0) is 49.2 Å². The van der Waals surface area contributed by atoms with Crippen LogP contribution in [-0.4, -0.2) is 13.1 Å². The fourth-order valence-corrected chi connectivity index (χ4v) is 2.21. The van der Waals surface area contributed by atoms with Crippen LogP contribution in [0, 0.1) is 13.8 Å². The van der Waals surface area contributed by atoms with Crippen molar-refractivity contribution >= 4 is 23.1 Å². The van der Waals surface area contributed by atoms with E-state index >= 15 is 0 Å². The molecule has 0 unspecified atom stereocenters. The van der Waals surface area contributed by atoms with Crippen LogP contribution in [-0.2, 0) is 0 Å². The van der Waals surface area contributed by atoms with E-state index in [-0.39, 0.29) is 6.03 Å². The lowest BCUT2D eigenvalue weighted by Crippen LogP contribution is -2.21. The fraction of sp³-hybridized carbons (Fsp3) is 0.188. The number of nitrogen functional groups attached to an aromatic ring is 1. The molecule has 2 aromatic rings. The minimum Gasteiger partial charge on any atom is -0.495 e. The number of para-hydroxylation sites is 2. The van der Waals surface area contributed by atoms with Crippen molar-refractivity contribution in [3.8, 4) is 5.75 Å². The molecule has 5 heteroatoms. The second-order valence-electron chi connectivity index (χ2n) is 4.81. The zero-order valence-corrected chi connectivity index (χ0v) is 12.4. The monoisotopic (exact) mass is 285 g/mol. The SMILES string of the molecule is COc1ccccc1NC(=O)Nc1c(C)cc(N)cc1C. The van der Waals surface area contributed by atoms with Crippen molar-refractivity contribution < 1.29 is 9.53 Å². The normalized spacial score (nSPS) is 10.0. The summed E-state index contributed by atoms with van der Waals surface area (Å²) in [6, 6.07) is 10.6. The van der Waals surface area contributed by atoms with Crippen LogP contribution in [0.5, 0.6) is 5.75 Å². The molecule has 0 saturated carbocycles. The van der Waals surface area contributed by atoms with Crippen LogP contribution >= 0.6 is 0 Å². The molecule has 0 bridgehead atoms. The van der Waals surface area contributed by atoms with E-state index in [1.54, 1.807) is 19.2 Å². The number of ether oxygens (including phenoxy) is 1. The molecule has 0 aliphatic rings. The molecule has 0 aromatic heterocycles. The number of methoxy groups -OCH3 is 1. The number of anilines is 3. The van der Waals surface area contributed by atoms with Crippen molar-refractivity contribution in [2.45, 2.75) is 13.8 Å². The predicted molar refractivity (Wildman–Crippen MR) is 86.0 cm³/mol. The zero-order valence-electron chi connectivity index (χ0n) is 12.4. The third kappa shape index (κ3) is 3.45.